The van der Waals surface area contributed by atoms with E-state index in [1.54, 1.807) is 6.07 Å². The minimum atomic E-state index is 0.301. The Labute approximate surface area is 117 Å². The van der Waals surface area contributed by atoms with Crippen molar-refractivity contribution in [1.82, 2.24) is 9.97 Å². The molecule has 4 heteroatoms. The summed E-state index contributed by atoms with van der Waals surface area (Å²) in [5.74, 6) is 1.40. The van der Waals surface area contributed by atoms with Crippen molar-refractivity contribution in [2.45, 2.75) is 20.0 Å². The van der Waals surface area contributed by atoms with E-state index in [1.165, 1.54) is 0 Å². The summed E-state index contributed by atoms with van der Waals surface area (Å²) >= 11 is 5.89. The van der Waals surface area contributed by atoms with E-state index in [0.29, 0.717) is 17.6 Å². The second kappa shape index (κ2) is 6.34. The molecule has 0 amide bonds. The molecule has 0 N–H and O–H groups in total. The summed E-state index contributed by atoms with van der Waals surface area (Å²) in [5, 5.41) is 0.436. The molecule has 19 heavy (non-hydrogen) atoms. The highest BCUT2D eigenvalue weighted by Gasteiger charge is 2.05. The number of aryl methyl sites for hydroxylation is 1. The highest BCUT2D eigenvalue weighted by atomic mass is 35.5. The molecule has 0 aliphatic carbocycles. The Bertz CT molecular complexity index is 564. The number of aromatic nitrogens is 2. The molecule has 3 nitrogen and oxygen atoms in total. The van der Waals surface area contributed by atoms with Crippen molar-refractivity contribution >= 4 is 11.6 Å². The van der Waals surface area contributed by atoms with Gasteiger partial charge < -0.3 is 4.74 Å². The molecule has 1 aromatic carbocycles. The van der Waals surface area contributed by atoms with Crippen molar-refractivity contribution in [3.05, 3.63) is 65.2 Å². The summed E-state index contributed by atoms with van der Waals surface area (Å²) in [6, 6.07) is 9.58. The van der Waals surface area contributed by atoms with Gasteiger partial charge in [-0.05, 0) is 31.0 Å². The van der Waals surface area contributed by atoms with Gasteiger partial charge in [0.1, 0.15) is 17.5 Å². The fraction of sp³-hybridized carbons (Fsp3) is 0.200. The Kier molecular flexibility index (Phi) is 4.53. The molecule has 0 fully saturated rings. The van der Waals surface area contributed by atoms with Crippen LogP contribution in [0, 0.1) is 6.92 Å². The molecule has 1 heterocycles. The SMILES string of the molecule is C=CCc1ccccc1OCc1nc(C)cc(Cl)n1. The molecular formula is C15H15ClN2O. The fourth-order valence-corrected chi connectivity index (χ4v) is 2.02. The Balaban J connectivity index is 2.11. The minimum absolute atomic E-state index is 0.301. The molecule has 0 radical (unpaired) electrons. The largest absolute Gasteiger partial charge is 0.485 e. The van der Waals surface area contributed by atoms with Crippen LogP contribution in [0.2, 0.25) is 5.15 Å². The van der Waals surface area contributed by atoms with Gasteiger partial charge in [-0.3, -0.25) is 0 Å². The van der Waals surface area contributed by atoms with Gasteiger partial charge in [0.25, 0.3) is 0 Å². The first-order valence-electron chi connectivity index (χ1n) is 6.00. The van der Waals surface area contributed by atoms with Gasteiger partial charge in [0.15, 0.2) is 5.82 Å². The molecule has 0 bridgehead atoms. The van der Waals surface area contributed by atoms with E-state index < -0.39 is 0 Å². The number of para-hydroxylation sites is 1. The first-order valence-corrected chi connectivity index (χ1v) is 6.38. The zero-order valence-corrected chi connectivity index (χ0v) is 11.5. The Morgan fingerprint density at radius 1 is 1.32 bits per heavy atom. The smallest absolute Gasteiger partial charge is 0.167 e. The summed E-state index contributed by atoms with van der Waals surface area (Å²) in [6.45, 7) is 5.92. The zero-order chi connectivity index (χ0) is 13.7. The van der Waals surface area contributed by atoms with Crippen LogP contribution in [-0.4, -0.2) is 9.97 Å². The van der Waals surface area contributed by atoms with Gasteiger partial charge in [-0.2, -0.15) is 0 Å². The molecule has 2 rings (SSSR count). The number of ether oxygens (including phenoxy) is 1. The molecule has 1 aromatic heterocycles. The van der Waals surface area contributed by atoms with Gasteiger partial charge in [0.05, 0.1) is 0 Å². The maximum Gasteiger partial charge on any atom is 0.167 e. The van der Waals surface area contributed by atoms with Gasteiger partial charge in [-0.25, -0.2) is 9.97 Å². The summed E-state index contributed by atoms with van der Waals surface area (Å²) in [6.07, 6.45) is 2.62. The van der Waals surface area contributed by atoms with Crippen LogP contribution in [0.4, 0.5) is 0 Å². The summed E-state index contributed by atoms with van der Waals surface area (Å²) in [4.78, 5) is 8.42. The first-order chi connectivity index (χ1) is 9.19. The van der Waals surface area contributed by atoms with E-state index >= 15 is 0 Å². The van der Waals surface area contributed by atoms with E-state index in [2.05, 4.69) is 16.5 Å². The van der Waals surface area contributed by atoms with Crippen molar-refractivity contribution in [3.63, 3.8) is 0 Å². The summed E-state index contributed by atoms with van der Waals surface area (Å²) < 4.78 is 5.75. The molecule has 0 aliphatic rings. The molecule has 0 spiro atoms. The third-order valence-corrected chi connectivity index (χ3v) is 2.76. The Morgan fingerprint density at radius 2 is 2.11 bits per heavy atom. The van der Waals surface area contributed by atoms with E-state index in [1.807, 2.05) is 37.3 Å². The van der Waals surface area contributed by atoms with Crippen molar-refractivity contribution in [3.8, 4) is 5.75 Å². The number of allylic oxidation sites excluding steroid dienone is 1. The Hall–Kier alpha value is -1.87. The lowest BCUT2D eigenvalue weighted by Gasteiger charge is -2.10. The van der Waals surface area contributed by atoms with E-state index in [0.717, 1.165) is 23.4 Å². The second-order valence-electron chi connectivity index (χ2n) is 4.14. The maximum absolute atomic E-state index is 5.89. The van der Waals surface area contributed by atoms with Gasteiger partial charge in [0, 0.05) is 5.69 Å². The lowest BCUT2D eigenvalue weighted by Crippen LogP contribution is -2.04. The fourth-order valence-electron chi connectivity index (χ4n) is 1.76. The van der Waals surface area contributed by atoms with Gasteiger partial charge in [0.2, 0.25) is 0 Å². The quantitative estimate of drug-likeness (QED) is 0.615. The minimum Gasteiger partial charge on any atom is -0.485 e. The molecule has 0 unspecified atom stereocenters. The number of rotatable bonds is 5. The monoisotopic (exact) mass is 274 g/mol. The Morgan fingerprint density at radius 3 is 2.84 bits per heavy atom. The summed E-state index contributed by atoms with van der Waals surface area (Å²) in [7, 11) is 0. The zero-order valence-electron chi connectivity index (χ0n) is 10.8. The average molecular weight is 275 g/mol. The molecule has 0 aliphatic heterocycles. The van der Waals surface area contributed by atoms with Crippen LogP contribution in [0.1, 0.15) is 17.1 Å². The number of hydrogen-bond acceptors (Lipinski definition) is 3. The van der Waals surface area contributed by atoms with Crippen LogP contribution >= 0.6 is 11.6 Å². The highest BCUT2D eigenvalue weighted by Crippen LogP contribution is 2.20. The summed E-state index contributed by atoms with van der Waals surface area (Å²) in [5.41, 5.74) is 1.93. The normalized spacial score (nSPS) is 10.2. The third kappa shape index (κ3) is 3.80. The van der Waals surface area contributed by atoms with Crippen LogP contribution in [-0.2, 0) is 13.0 Å². The topological polar surface area (TPSA) is 35.0 Å². The van der Waals surface area contributed by atoms with Crippen LogP contribution < -0.4 is 4.74 Å². The molecule has 0 saturated heterocycles. The predicted molar refractivity (Wildman–Crippen MR) is 76.5 cm³/mol. The third-order valence-electron chi connectivity index (χ3n) is 2.56. The van der Waals surface area contributed by atoms with Gasteiger partial charge in [-0.15, -0.1) is 6.58 Å². The number of benzene rings is 1. The standard InChI is InChI=1S/C15H15ClN2O/c1-3-6-12-7-4-5-8-13(12)19-10-15-17-11(2)9-14(16)18-15/h3-5,7-9H,1,6,10H2,2H3. The van der Waals surface area contributed by atoms with Crippen molar-refractivity contribution in [2.75, 3.05) is 0 Å². The lowest BCUT2D eigenvalue weighted by molar-refractivity contribution is 0.293. The van der Waals surface area contributed by atoms with Crippen molar-refractivity contribution < 1.29 is 4.74 Å². The molecule has 0 saturated carbocycles. The van der Waals surface area contributed by atoms with Gasteiger partial charge in [-0.1, -0.05) is 35.9 Å². The van der Waals surface area contributed by atoms with E-state index in [9.17, 15) is 0 Å². The number of halogens is 1. The lowest BCUT2D eigenvalue weighted by atomic mass is 10.1. The number of hydrogen-bond donors (Lipinski definition) is 0. The molecule has 98 valence electrons. The van der Waals surface area contributed by atoms with E-state index in [4.69, 9.17) is 16.3 Å². The van der Waals surface area contributed by atoms with Crippen molar-refractivity contribution in [1.29, 1.82) is 0 Å². The van der Waals surface area contributed by atoms with Crippen LogP contribution in [0.15, 0.2) is 43.0 Å². The molecule has 2 aromatic rings. The van der Waals surface area contributed by atoms with Crippen LogP contribution in [0.5, 0.6) is 5.75 Å². The predicted octanol–water partition coefficient (Wildman–Crippen LogP) is 3.75. The average Bonchev–Trinajstić information content (AvgIpc) is 2.37. The maximum atomic E-state index is 5.89. The highest BCUT2D eigenvalue weighted by molar-refractivity contribution is 6.29. The first kappa shape index (κ1) is 13.6. The van der Waals surface area contributed by atoms with E-state index in [-0.39, 0.29) is 0 Å². The van der Waals surface area contributed by atoms with Gasteiger partial charge >= 0.3 is 0 Å². The van der Waals surface area contributed by atoms with Crippen molar-refractivity contribution in [2.24, 2.45) is 0 Å². The number of nitrogens with zero attached hydrogens (tertiary/aromatic N) is 2. The second-order valence-corrected chi connectivity index (χ2v) is 4.52. The molecular weight excluding hydrogens is 260 g/mol. The van der Waals surface area contributed by atoms with Crippen LogP contribution in [0.3, 0.4) is 0 Å². The molecule has 0 atom stereocenters. The van der Waals surface area contributed by atoms with Crippen LogP contribution in [0.25, 0.3) is 0 Å².